The summed E-state index contributed by atoms with van der Waals surface area (Å²) in [5.74, 6) is 0.517. The summed E-state index contributed by atoms with van der Waals surface area (Å²) in [6.45, 7) is 0.458. The minimum absolute atomic E-state index is 0.0745. The molecule has 0 spiro atoms. The lowest BCUT2D eigenvalue weighted by molar-refractivity contribution is -0.122. The van der Waals surface area contributed by atoms with Crippen molar-refractivity contribution in [3.8, 4) is 0 Å². The number of carbonyl (C=O) groups is 1. The minimum atomic E-state index is 0.0745. The molecule has 24 heavy (non-hydrogen) atoms. The molecule has 6 heteroatoms. The smallest absolute Gasteiger partial charge is 0.224 e. The lowest BCUT2D eigenvalue weighted by Gasteiger charge is -2.03. The molecule has 4 nitrogen and oxygen atoms in total. The number of fused-ring (bicyclic) bond motifs is 1. The molecule has 0 radical (unpaired) electrons. The number of aromatic nitrogens is 2. The van der Waals surface area contributed by atoms with Crippen molar-refractivity contribution in [2.45, 2.75) is 18.9 Å². The maximum atomic E-state index is 12.4. The average molecular weight is 449 g/mol. The molecule has 0 saturated heterocycles. The number of benzene rings is 1. The topological polar surface area (TPSA) is 46.4 Å². The standard InChI is InChI=1S/C18H15Br2N3O/c19-12-3-1-2-11(6-12)15-7-16(15)18(24)21-8-14-10-23-9-13(20)4-5-17(23)22-14/h1-6,9-10,15-16H,7-8H2,(H,21,24). The molecule has 4 rings (SSSR count). The van der Waals surface area contributed by atoms with Crippen LogP contribution in [0.3, 0.4) is 0 Å². The number of amides is 1. The molecule has 1 aliphatic carbocycles. The molecule has 1 amide bonds. The molecule has 1 saturated carbocycles. The Hall–Kier alpha value is -1.66. The molecule has 0 bridgehead atoms. The number of nitrogens with zero attached hydrogens (tertiary/aromatic N) is 2. The van der Waals surface area contributed by atoms with Gasteiger partial charge in [0.25, 0.3) is 0 Å². The number of halogens is 2. The van der Waals surface area contributed by atoms with E-state index in [0.717, 1.165) is 26.7 Å². The summed E-state index contributed by atoms with van der Waals surface area (Å²) in [6.07, 6.45) is 4.82. The van der Waals surface area contributed by atoms with E-state index in [1.54, 1.807) is 0 Å². The molecule has 1 N–H and O–H groups in total. The van der Waals surface area contributed by atoms with Crippen molar-refractivity contribution < 1.29 is 4.79 Å². The maximum absolute atomic E-state index is 12.4. The Morgan fingerprint density at radius 3 is 2.92 bits per heavy atom. The zero-order valence-electron chi connectivity index (χ0n) is 12.7. The predicted octanol–water partition coefficient (Wildman–Crippen LogP) is 4.28. The third-order valence-corrected chi connectivity index (χ3v) is 5.27. The van der Waals surface area contributed by atoms with Crippen molar-refractivity contribution in [2.24, 2.45) is 5.92 Å². The fourth-order valence-electron chi connectivity index (χ4n) is 3.00. The van der Waals surface area contributed by atoms with E-state index in [1.807, 2.05) is 41.1 Å². The highest BCUT2D eigenvalue weighted by atomic mass is 79.9. The van der Waals surface area contributed by atoms with Crippen molar-refractivity contribution in [3.63, 3.8) is 0 Å². The molecule has 1 aromatic carbocycles. The number of imidazole rings is 1. The molecule has 0 aliphatic heterocycles. The molecule has 1 fully saturated rings. The van der Waals surface area contributed by atoms with Crippen LogP contribution in [0, 0.1) is 5.92 Å². The van der Waals surface area contributed by atoms with Gasteiger partial charge in [0, 0.05) is 27.3 Å². The Kier molecular flexibility index (Phi) is 4.18. The lowest BCUT2D eigenvalue weighted by Crippen LogP contribution is -2.25. The van der Waals surface area contributed by atoms with Crippen LogP contribution in [0.25, 0.3) is 5.65 Å². The number of hydrogen-bond acceptors (Lipinski definition) is 2. The van der Waals surface area contributed by atoms with Crippen molar-refractivity contribution in [2.75, 3.05) is 0 Å². The Balaban J connectivity index is 1.38. The van der Waals surface area contributed by atoms with Crippen molar-refractivity contribution in [3.05, 3.63) is 69.0 Å². The first-order valence-corrected chi connectivity index (χ1v) is 9.35. The fourth-order valence-corrected chi connectivity index (χ4v) is 3.77. The van der Waals surface area contributed by atoms with Gasteiger partial charge in [-0.25, -0.2) is 4.98 Å². The van der Waals surface area contributed by atoms with Gasteiger partial charge in [0.2, 0.25) is 5.91 Å². The molecule has 2 unspecified atom stereocenters. The molecule has 2 atom stereocenters. The molecule has 3 aromatic rings. The van der Waals surface area contributed by atoms with E-state index < -0.39 is 0 Å². The van der Waals surface area contributed by atoms with Crippen LogP contribution >= 0.6 is 31.9 Å². The highest BCUT2D eigenvalue weighted by Crippen LogP contribution is 2.47. The lowest BCUT2D eigenvalue weighted by atomic mass is 10.1. The molecule has 1 aliphatic rings. The SMILES string of the molecule is O=C(NCc1cn2cc(Br)ccc2n1)C1CC1c1cccc(Br)c1. The summed E-state index contributed by atoms with van der Waals surface area (Å²) in [5.41, 5.74) is 2.96. The van der Waals surface area contributed by atoms with Gasteiger partial charge in [-0.15, -0.1) is 0 Å². The first kappa shape index (κ1) is 15.8. The van der Waals surface area contributed by atoms with Gasteiger partial charge in [0.1, 0.15) is 5.65 Å². The monoisotopic (exact) mass is 447 g/mol. The summed E-state index contributed by atoms with van der Waals surface area (Å²) in [6, 6.07) is 12.1. The van der Waals surface area contributed by atoms with E-state index in [2.05, 4.69) is 54.3 Å². The quantitative estimate of drug-likeness (QED) is 0.647. The van der Waals surface area contributed by atoms with E-state index in [0.29, 0.717) is 12.5 Å². The minimum Gasteiger partial charge on any atom is -0.350 e. The molecule has 122 valence electrons. The van der Waals surface area contributed by atoms with Crippen molar-refractivity contribution in [1.82, 2.24) is 14.7 Å². The average Bonchev–Trinajstić information content (AvgIpc) is 3.26. The Morgan fingerprint density at radius 2 is 2.08 bits per heavy atom. The third kappa shape index (κ3) is 3.26. The van der Waals surface area contributed by atoms with Gasteiger partial charge in [0.15, 0.2) is 0 Å². The van der Waals surface area contributed by atoms with E-state index in [-0.39, 0.29) is 11.8 Å². The Morgan fingerprint density at radius 1 is 1.21 bits per heavy atom. The number of nitrogens with one attached hydrogen (secondary N) is 1. The molecular formula is C18H15Br2N3O. The number of hydrogen-bond donors (Lipinski definition) is 1. The summed E-state index contributed by atoms with van der Waals surface area (Å²) in [4.78, 5) is 16.9. The van der Waals surface area contributed by atoms with E-state index in [1.165, 1.54) is 5.56 Å². The summed E-state index contributed by atoms with van der Waals surface area (Å²) in [7, 11) is 0. The summed E-state index contributed by atoms with van der Waals surface area (Å²) < 4.78 is 4.01. The summed E-state index contributed by atoms with van der Waals surface area (Å²) >= 11 is 6.93. The van der Waals surface area contributed by atoms with Crippen LogP contribution in [0.2, 0.25) is 0 Å². The molecule has 2 heterocycles. The van der Waals surface area contributed by atoms with Crippen LogP contribution in [0.1, 0.15) is 23.6 Å². The second-order valence-corrected chi connectivity index (χ2v) is 7.90. The van der Waals surface area contributed by atoms with E-state index >= 15 is 0 Å². The molecular weight excluding hydrogens is 434 g/mol. The number of pyridine rings is 1. The normalized spacial score (nSPS) is 19.4. The highest BCUT2D eigenvalue weighted by Gasteiger charge is 2.43. The fraction of sp³-hybridized carbons (Fsp3) is 0.222. The van der Waals surface area contributed by atoms with Crippen LogP contribution < -0.4 is 5.32 Å². The highest BCUT2D eigenvalue weighted by molar-refractivity contribution is 9.10. The first-order chi connectivity index (χ1) is 11.6. The van der Waals surface area contributed by atoms with Gasteiger partial charge in [-0.05, 0) is 58.1 Å². The van der Waals surface area contributed by atoms with Crippen LogP contribution in [0.15, 0.2) is 57.7 Å². The van der Waals surface area contributed by atoms with E-state index in [4.69, 9.17) is 0 Å². The van der Waals surface area contributed by atoms with E-state index in [9.17, 15) is 4.79 Å². The zero-order chi connectivity index (χ0) is 16.7. The second kappa shape index (κ2) is 6.33. The van der Waals surface area contributed by atoms with Crippen LogP contribution in [-0.2, 0) is 11.3 Å². The third-order valence-electron chi connectivity index (χ3n) is 4.31. The van der Waals surface area contributed by atoms with Gasteiger partial charge in [-0.1, -0.05) is 28.1 Å². The van der Waals surface area contributed by atoms with Gasteiger partial charge in [-0.2, -0.15) is 0 Å². The molecule has 2 aromatic heterocycles. The predicted molar refractivity (Wildman–Crippen MR) is 99.7 cm³/mol. The van der Waals surface area contributed by atoms with Gasteiger partial charge < -0.3 is 9.72 Å². The Labute approximate surface area is 156 Å². The van der Waals surface area contributed by atoms with Gasteiger partial charge in [-0.3, -0.25) is 4.79 Å². The van der Waals surface area contributed by atoms with Gasteiger partial charge >= 0.3 is 0 Å². The maximum Gasteiger partial charge on any atom is 0.224 e. The van der Waals surface area contributed by atoms with Crippen LogP contribution in [0.4, 0.5) is 0 Å². The Bertz CT molecular complexity index is 922. The van der Waals surface area contributed by atoms with Crippen molar-refractivity contribution in [1.29, 1.82) is 0 Å². The summed E-state index contributed by atoms with van der Waals surface area (Å²) in [5, 5.41) is 3.01. The number of rotatable bonds is 4. The van der Waals surface area contributed by atoms with Crippen LogP contribution in [0.5, 0.6) is 0 Å². The van der Waals surface area contributed by atoms with Gasteiger partial charge in [0.05, 0.1) is 12.2 Å². The van der Waals surface area contributed by atoms with Crippen molar-refractivity contribution >= 4 is 43.4 Å². The first-order valence-electron chi connectivity index (χ1n) is 7.76. The zero-order valence-corrected chi connectivity index (χ0v) is 15.9. The second-order valence-electron chi connectivity index (χ2n) is 6.07. The number of carbonyl (C=O) groups excluding carboxylic acids is 1. The largest absolute Gasteiger partial charge is 0.350 e. The van der Waals surface area contributed by atoms with Crippen LogP contribution in [-0.4, -0.2) is 15.3 Å².